The number of aryl methyl sites for hydroxylation is 2. The molecule has 1 amide bonds. The summed E-state index contributed by atoms with van der Waals surface area (Å²) >= 11 is 0. The van der Waals surface area contributed by atoms with E-state index in [4.69, 9.17) is 10.1 Å². The number of aromatic nitrogens is 4. The Morgan fingerprint density at radius 3 is 2.56 bits per heavy atom. The van der Waals surface area contributed by atoms with Crippen LogP contribution in [-0.2, 0) is 11.3 Å². The smallest absolute Gasteiger partial charge is 0.244 e. The van der Waals surface area contributed by atoms with Gasteiger partial charge in [-0.3, -0.25) is 4.79 Å². The number of carbonyl (C=O) groups is 1. The van der Waals surface area contributed by atoms with Crippen LogP contribution in [0.25, 0.3) is 11.4 Å². The van der Waals surface area contributed by atoms with Crippen molar-refractivity contribution in [2.45, 2.75) is 58.9 Å². The highest BCUT2D eigenvalue weighted by Gasteiger charge is 2.30. The molecule has 8 heteroatoms. The zero-order valence-electron chi connectivity index (χ0n) is 21.5. The Balaban J connectivity index is 1.34. The molecule has 3 aromatic rings. The number of benzene rings is 1. The summed E-state index contributed by atoms with van der Waals surface area (Å²) in [6.45, 7) is 9.08. The molecule has 2 unspecified atom stereocenters. The molecule has 5 rings (SSSR count). The molecule has 2 aromatic heterocycles. The maximum atomic E-state index is 13.9. The average molecular weight is 491 g/mol. The number of hydrogen-bond acceptors (Lipinski definition) is 5. The third-order valence-corrected chi connectivity index (χ3v) is 7.70. The summed E-state index contributed by atoms with van der Waals surface area (Å²) in [4.78, 5) is 26.9. The van der Waals surface area contributed by atoms with Gasteiger partial charge in [0.25, 0.3) is 0 Å². The fraction of sp³-hybridized carbons (Fsp3) is 0.500. The number of rotatable bonds is 5. The zero-order chi connectivity index (χ0) is 25.2. The molecule has 1 saturated heterocycles. The predicted molar refractivity (Wildman–Crippen MR) is 138 cm³/mol. The molecule has 0 spiro atoms. The zero-order valence-corrected chi connectivity index (χ0v) is 21.5. The van der Waals surface area contributed by atoms with E-state index in [2.05, 4.69) is 29.8 Å². The Bertz CT molecular complexity index is 1230. The Labute approximate surface area is 212 Å². The van der Waals surface area contributed by atoms with Gasteiger partial charge < -0.3 is 9.80 Å². The highest BCUT2D eigenvalue weighted by Crippen LogP contribution is 2.37. The van der Waals surface area contributed by atoms with Gasteiger partial charge in [-0.25, -0.2) is 19.0 Å². The minimum atomic E-state index is -0.241. The van der Waals surface area contributed by atoms with Crippen molar-refractivity contribution >= 4 is 11.7 Å². The second kappa shape index (κ2) is 10.4. The van der Waals surface area contributed by atoms with Gasteiger partial charge in [-0.2, -0.15) is 5.10 Å². The van der Waals surface area contributed by atoms with Gasteiger partial charge in [-0.05, 0) is 67.6 Å². The average Bonchev–Trinajstić information content (AvgIpc) is 3.29. The molecule has 2 aliphatic rings. The lowest BCUT2D eigenvalue weighted by atomic mass is 9.80. The van der Waals surface area contributed by atoms with Crippen molar-refractivity contribution in [1.29, 1.82) is 0 Å². The maximum absolute atomic E-state index is 13.9. The Kier molecular flexibility index (Phi) is 7.03. The Hall–Kier alpha value is -3.29. The molecule has 2 atom stereocenters. The summed E-state index contributed by atoms with van der Waals surface area (Å²) in [6.07, 6.45) is 6.44. The van der Waals surface area contributed by atoms with Gasteiger partial charge in [0, 0.05) is 43.9 Å². The lowest BCUT2D eigenvalue weighted by Crippen LogP contribution is -2.50. The van der Waals surface area contributed by atoms with E-state index >= 15 is 0 Å². The third-order valence-electron chi connectivity index (χ3n) is 7.70. The van der Waals surface area contributed by atoms with Crippen LogP contribution >= 0.6 is 0 Å². The van der Waals surface area contributed by atoms with Crippen molar-refractivity contribution < 1.29 is 9.18 Å². The quantitative estimate of drug-likeness (QED) is 0.517. The van der Waals surface area contributed by atoms with Crippen LogP contribution in [0.2, 0.25) is 0 Å². The number of anilines is 1. The summed E-state index contributed by atoms with van der Waals surface area (Å²) < 4.78 is 15.7. The van der Waals surface area contributed by atoms with E-state index in [0.717, 1.165) is 49.6 Å². The first-order chi connectivity index (χ1) is 17.4. The van der Waals surface area contributed by atoms with Crippen LogP contribution in [0.4, 0.5) is 10.2 Å². The molecule has 36 heavy (non-hydrogen) atoms. The molecule has 7 nitrogen and oxygen atoms in total. The Morgan fingerprint density at radius 2 is 1.83 bits per heavy atom. The molecule has 1 aromatic carbocycles. The first-order valence-electron chi connectivity index (χ1n) is 13.1. The van der Waals surface area contributed by atoms with Gasteiger partial charge in [0.1, 0.15) is 24.0 Å². The highest BCUT2D eigenvalue weighted by atomic mass is 19.1. The number of amides is 1. The van der Waals surface area contributed by atoms with E-state index in [1.807, 2.05) is 21.8 Å². The first kappa shape index (κ1) is 24.4. The molecule has 0 N–H and O–H groups in total. The minimum absolute atomic E-state index is 0.0586. The fourth-order valence-electron chi connectivity index (χ4n) is 5.46. The van der Waals surface area contributed by atoms with Gasteiger partial charge in [-0.1, -0.05) is 26.2 Å². The molecule has 3 heterocycles. The molecule has 1 aliphatic carbocycles. The topological polar surface area (TPSA) is 67.2 Å². The summed E-state index contributed by atoms with van der Waals surface area (Å²) in [7, 11) is 0. The molecule has 0 bridgehead atoms. The first-order valence-corrected chi connectivity index (χ1v) is 13.1. The van der Waals surface area contributed by atoms with Crippen LogP contribution in [0.15, 0.2) is 36.5 Å². The van der Waals surface area contributed by atoms with Crippen molar-refractivity contribution in [2.24, 2.45) is 5.92 Å². The van der Waals surface area contributed by atoms with E-state index in [1.54, 1.807) is 19.1 Å². The lowest BCUT2D eigenvalue weighted by molar-refractivity contribution is -0.132. The number of hydrogen-bond donors (Lipinski definition) is 0. The van der Waals surface area contributed by atoms with E-state index < -0.39 is 0 Å². The van der Waals surface area contributed by atoms with Crippen LogP contribution in [0.5, 0.6) is 0 Å². The number of piperazine rings is 1. The number of pyridine rings is 1. The number of nitrogens with zero attached hydrogens (tertiary/aromatic N) is 6. The molecule has 2 fully saturated rings. The van der Waals surface area contributed by atoms with Gasteiger partial charge in [-0.15, -0.1) is 0 Å². The summed E-state index contributed by atoms with van der Waals surface area (Å²) in [5.74, 6) is 3.00. The van der Waals surface area contributed by atoms with Crippen molar-refractivity contribution in [3.05, 3.63) is 59.3 Å². The minimum Gasteiger partial charge on any atom is -0.353 e. The van der Waals surface area contributed by atoms with E-state index in [9.17, 15) is 9.18 Å². The van der Waals surface area contributed by atoms with E-state index in [0.29, 0.717) is 30.4 Å². The fourth-order valence-corrected chi connectivity index (χ4v) is 5.46. The SMILES string of the molecule is Cc1ccnc(N2CCN(C(=O)Cn3nc(-c4ccc(F)c(C)c4)nc3C3CCCCC3C)CC2)c1. The van der Waals surface area contributed by atoms with Gasteiger partial charge in [0.2, 0.25) is 5.91 Å². The van der Waals surface area contributed by atoms with Gasteiger partial charge >= 0.3 is 0 Å². The summed E-state index contributed by atoms with van der Waals surface area (Å²) in [5, 5.41) is 4.78. The van der Waals surface area contributed by atoms with Crippen molar-refractivity contribution in [1.82, 2.24) is 24.6 Å². The third kappa shape index (κ3) is 5.13. The van der Waals surface area contributed by atoms with Crippen LogP contribution in [-0.4, -0.2) is 56.7 Å². The maximum Gasteiger partial charge on any atom is 0.244 e. The standard InChI is InChI=1S/C28H35FN6O/c1-19-10-11-30-25(16-19)33-12-14-34(15-13-33)26(36)18-35-28(23-7-5-4-6-20(23)2)31-27(32-35)22-8-9-24(29)21(3)17-22/h8-11,16-17,20,23H,4-7,12-15,18H2,1-3H3. The van der Waals surface area contributed by atoms with Crippen molar-refractivity contribution in [3.8, 4) is 11.4 Å². The number of halogens is 1. The molecule has 1 saturated carbocycles. The van der Waals surface area contributed by atoms with Crippen LogP contribution in [0.3, 0.4) is 0 Å². The second-order valence-electron chi connectivity index (χ2n) is 10.3. The van der Waals surface area contributed by atoms with Crippen LogP contribution < -0.4 is 4.90 Å². The second-order valence-corrected chi connectivity index (χ2v) is 10.3. The van der Waals surface area contributed by atoms with Crippen LogP contribution in [0.1, 0.15) is 55.5 Å². The molecule has 190 valence electrons. The normalized spacial score (nSPS) is 20.6. The highest BCUT2D eigenvalue weighted by molar-refractivity contribution is 5.76. The molecular weight excluding hydrogens is 455 g/mol. The molecular formula is C28H35FN6O. The van der Waals surface area contributed by atoms with E-state index in [1.165, 1.54) is 18.1 Å². The summed E-state index contributed by atoms with van der Waals surface area (Å²) in [6, 6.07) is 9.04. The molecule has 1 aliphatic heterocycles. The monoisotopic (exact) mass is 490 g/mol. The van der Waals surface area contributed by atoms with Crippen molar-refractivity contribution in [2.75, 3.05) is 31.1 Å². The lowest BCUT2D eigenvalue weighted by Gasteiger charge is -2.35. The van der Waals surface area contributed by atoms with Gasteiger partial charge in [0.05, 0.1) is 0 Å². The Morgan fingerprint density at radius 1 is 1.06 bits per heavy atom. The number of carbonyl (C=O) groups excluding carboxylic acids is 1. The van der Waals surface area contributed by atoms with Gasteiger partial charge in [0.15, 0.2) is 5.82 Å². The largest absolute Gasteiger partial charge is 0.353 e. The van der Waals surface area contributed by atoms with Crippen molar-refractivity contribution in [3.63, 3.8) is 0 Å². The summed E-state index contributed by atoms with van der Waals surface area (Å²) in [5.41, 5.74) is 2.53. The van der Waals surface area contributed by atoms with Crippen LogP contribution in [0, 0.1) is 25.6 Å². The van der Waals surface area contributed by atoms with E-state index in [-0.39, 0.29) is 24.2 Å². The predicted octanol–water partition coefficient (Wildman–Crippen LogP) is 4.74. The molecule has 0 radical (unpaired) electrons.